The number of Topliss-reactive ketones (excluding diaryl/α,β-unsaturated/α-hetero) is 1. The Balaban J connectivity index is 2.03. The maximum atomic E-state index is 12.1. The van der Waals surface area contributed by atoms with Gasteiger partial charge in [-0.2, -0.15) is 5.26 Å². The largest absolute Gasteiger partial charge is 0.298 e. The average molecular weight is 228 g/mol. The molecule has 0 amide bonds. The molecule has 1 aliphatic carbocycles. The van der Waals surface area contributed by atoms with E-state index in [0.29, 0.717) is 12.3 Å². The van der Waals surface area contributed by atoms with Gasteiger partial charge in [-0.1, -0.05) is 31.7 Å². The predicted octanol–water partition coefficient (Wildman–Crippen LogP) is 2.84. The van der Waals surface area contributed by atoms with Crippen molar-refractivity contribution < 1.29 is 4.79 Å². The van der Waals surface area contributed by atoms with Crippen LogP contribution in [0.1, 0.15) is 43.6 Å². The van der Waals surface area contributed by atoms with E-state index < -0.39 is 5.92 Å². The first kappa shape index (κ1) is 11.8. The maximum Gasteiger partial charge on any atom is 0.154 e. The fourth-order valence-electron chi connectivity index (χ4n) is 2.50. The molecule has 17 heavy (non-hydrogen) atoms. The Morgan fingerprint density at radius 1 is 1.53 bits per heavy atom. The molecule has 1 fully saturated rings. The molecule has 1 aromatic heterocycles. The summed E-state index contributed by atoms with van der Waals surface area (Å²) in [5, 5.41) is 9.13. The molecule has 1 saturated carbocycles. The minimum atomic E-state index is -0.635. The summed E-state index contributed by atoms with van der Waals surface area (Å²) in [4.78, 5) is 16.0. The second-order valence-corrected chi connectivity index (χ2v) is 4.67. The zero-order chi connectivity index (χ0) is 12.1. The highest BCUT2D eigenvalue weighted by atomic mass is 16.1. The lowest BCUT2D eigenvalue weighted by atomic mass is 9.90. The summed E-state index contributed by atoms with van der Waals surface area (Å²) in [7, 11) is 0. The number of pyridine rings is 1. The van der Waals surface area contributed by atoms with Crippen LogP contribution in [0.15, 0.2) is 24.5 Å². The summed E-state index contributed by atoms with van der Waals surface area (Å²) in [6.07, 6.45) is 8.53. The van der Waals surface area contributed by atoms with Crippen LogP contribution in [0.5, 0.6) is 0 Å². The lowest BCUT2D eigenvalue weighted by Crippen LogP contribution is -2.14. The Morgan fingerprint density at radius 2 is 2.29 bits per heavy atom. The predicted molar refractivity (Wildman–Crippen MR) is 64.2 cm³/mol. The fraction of sp³-hybridized carbons (Fsp3) is 0.500. The molecule has 1 aromatic rings. The van der Waals surface area contributed by atoms with Crippen LogP contribution in [0.25, 0.3) is 0 Å². The van der Waals surface area contributed by atoms with Crippen molar-refractivity contribution in [1.29, 1.82) is 5.26 Å². The molecule has 0 radical (unpaired) electrons. The van der Waals surface area contributed by atoms with Gasteiger partial charge in [0.05, 0.1) is 6.07 Å². The van der Waals surface area contributed by atoms with Gasteiger partial charge in [0, 0.05) is 18.8 Å². The zero-order valence-corrected chi connectivity index (χ0v) is 9.80. The molecule has 0 N–H and O–H groups in total. The summed E-state index contributed by atoms with van der Waals surface area (Å²) in [5.41, 5.74) is 0.720. The molecule has 0 spiro atoms. The third-order valence-electron chi connectivity index (χ3n) is 3.43. The summed E-state index contributed by atoms with van der Waals surface area (Å²) in [6, 6.07) is 5.67. The van der Waals surface area contributed by atoms with Crippen molar-refractivity contribution in [3.8, 4) is 6.07 Å². The summed E-state index contributed by atoms with van der Waals surface area (Å²) >= 11 is 0. The fourth-order valence-corrected chi connectivity index (χ4v) is 2.50. The first-order chi connectivity index (χ1) is 8.31. The SMILES string of the molecule is N#CC(C(=O)CC1CCCC1)c1cccnc1. The molecule has 88 valence electrons. The van der Waals surface area contributed by atoms with Crippen LogP contribution < -0.4 is 0 Å². The first-order valence-corrected chi connectivity index (χ1v) is 6.13. The van der Waals surface area contributed by atoms with Crippen LogP contribution in [0.4, 0.5) is 0 Å². The number of carbonyl (C=O) groups is 1. The van der Waals surface area contributed by atoms with Gasteiger partial charge in [0.15, 0.2) is 5.78 Å². The number of hydrogen-bond acceptors (Lipinski definition) is 3. The molecule has 1 atom stereocenters. The van der Waals surface area contributed by atoms with Crippen molar-refractivity contribution in [2.45, 2.75) is 38.0 Å². The average Bonchev–Trinajstić information content (AvgIpc) is 2.84. The Morgan fingerprint density at radius 3 is 2.88 bits per heavy atom. The van der Waals surface area contributed by atoms with E-state index in [0.717, 1.165) is 18.4 Å². The number of nitrogens with zero attached hydrogens (tertiary/aromatic N) is 2. The van der Waals surface area contributed by atoms with E-state index in [1.807, 2.05) is 0 Å². The summed E-state index contributed by atoms with van der Waals surface area (Å²) < 4.78 is 0. The van der Waals surface area contributed by atoms with Crippen molar-refractivity contribution in [2.24, 2.45) is 5.92 Å². The van der Waals surface area contributed by atoms with Gasteiger partial charge in [0.2, 0.25) is 0 Å². The van der Waals surface area contributed by atoms with Gasteiger partial charge in [-0.05, 0) is 17.5 Å². The highest BCUT2D eigenvalue weighted by Crippen LogP contribution is 2.30. The van der Waals surface area contributed by atoms with Gasteiger partial charge >= 0.3 is 0 Å². The number of carbonyl (C=O) groups excluding carboxylic acids is 1. The number of aromatic nitrogens is 1. The molecule has 1 heterocycles. The van der Waals surface area contributed by atoms with E-state index in [4.69, 9.17) is 5.26 Å². The Bertz CT molecular complexity index is 416. The standard InChI is InChI=1S/C14H16N2O/c15-9-13(12-6-3-7-16-10-12)14(17)8-11-4-1-2-5-11/h3,6-7,10-11,13H,1-2,4-5,8H2. The molecule has 0 aliphatic heterocycles. The van der Waals surface area contributed by atoms with Crippen molar-refractivity contribution in [1.82, 2.24) is 4.98 Å². The van der Waals surface area contributed by atoms with Crippen LogP contribution in [-0.2, 0) is 4.79 Å². The number of ketones is 1. The lowest BCUT2D eigenvalue weighted by Gasteiger charge is -2.11. The second-order valence-electron chi connectivity index (χ2n) is 4.67. The third-order valence-corrected chi connectivity index (χ3v) is 3.43. The first-order valence-electron chi connectivity index (χ1n) is 6.13. The van der Waals surface area contributed by atoms with Crippen LogP contribution in [0.3, 0.4) is 0 Å². The van der Waals surface area contributed by atoms with Crippen molar-refractivity contribution in [3.63, 3.8) is 0 Å². The van der Waals surface area contributed by atoms with Gasteiger partial charge < -0.3 is 0 Å². The molecule has 3 nitrogen and oxygen atoms in total. The van der Waals surface area contributed by atoms with E-state index >= 15 is 0 Å². The highest BCUT2D eigenvalue weighted by Gasteiger charge is 2.25. The molecule has 0 saturated heterocycles. The van der Waals surface area contributed by atoms with E-state index in [9.17, 15) is 4.79 Å². The van der Waals surface area contributed by atoms with E-state index in [1.165, 1.54) is 12.8 Å². The molecule has 3 heteroatoms. The van der Waals surface area contributed by atoms with Crippen molar-refractivity contribution in [2.75, 3.05) is 0 Å². The maximum absolute atomic E-state index is 12.1. The molecule has 1 aliphatic rings. The Hall–Kier alpha value is -1.69. The van der Waals surface area contributed by atoms with Gasteiger partial charge in [-0.3, -0.25) is 9.78 Å². The molecule has 0 bridgehead atoms. The van der Waals surface area contributed by atoms with E-state index in [2.05, 4.69) is 11.1 Å². The Labute approximate surface area is 101 Å². The molecule has 1 unspecified atom stereocenters. The minimum absolute atomic E-state index is 0.0485. The van der Waals surface area contributed by atoms with Gasteiger partial charge in [0.25, 0.3) is 0 Å². The van der Waals surface area contributed by atoms with Crippen LogP contribution in [-0.4, -0.2) is 10.8 Å². The van der Waals surface area contributed by atoms with Gasteiger partial charge in [-0.25, -0.2) is 0 Å². The highest BCUT2D eigenvalue weighted by molar-refractivity contribution is 5.88. The van der Waals surface area contributed by atoms with Crippen LogP contribution in [0, 0.1) is 17.2 Å². The number of hydrogen-bond donors (Lipinski definition) is 0. The minimum Gasteiger partial charge on any atom is -0.298 e. The van der Waals surface area contributed by atoms with Crippen molar-refractivity contribution >= 4 is 5.78 Å². The second kappa shape index (κ2) is 5.58. The summed E-state index contributed by atoms with van der Waals surface area (Å²) in [5.74, 6) is -0.0910. The molecular formula is C14H16N2O. The third kappa shape index (κ3) is 2.91. The van der Waals surface area contributed by atoms with Crippen LogP contribution >= 0.6 is 0 Å². The molecule has 0 aromatic carbocycles. The zero-order valence-electron chi connectivity index (χ0n) is 9.80. The molecule has 2 rings (SSSR count). The monoisotopic (exact) mass is 228 g/mol. The normalized spacial score (nSPS) is 17.6. The summed E-state index contributed by atoms with van der Waals surface area (Å²) in [6.45, 7) is 0. The number of rotatable bonds is 4. The molecular weight excluding hydrogens is 212 g/mol. The Kier molecular flexibility index (Phi) is 3.87. The van der Waals surface area contributed by atoms with Crippen molar-refractivity contribution in [3.05, 3.63) is 30.1 Å². The smallest absolute Gasteiger partial charge is 0.154 e. The number of nitriles is 1. The van der Waals surface area contributed by atoms with E-state index in [-0.39, 0.29) is 5.78 Å². The quantitative estimate of drug-likeness (QED) is 0.796. The van der Waals surface area contributed by atoms with E-state index in [1.54, 1.807) is 24.5 Å². The van der Waals surface area contributed by atoms with Crippen LogP contribution in [0.2, 0.25) is 0 Å². The van der Waals surface area contributed by atoms with Gasteiger partial charge in [-0.15, -0.1) is 0 Å². The van der Waals surface area contributed by atoms with Gasteiger partial charge in [0.1, 0.15) is 5.92 Å². The topological polar surface area (TPSA) is 53.8 Å². The lowest BCUT2D eigenvalue weighted by molar-refractivity contribution is -0.120.